The second-order valence-electron chi connectivity index (χ2n) is 5.23. The van der Waals surface area contributed by atoms with Crippen molar-refractivity contribution in [2.24, 2.45) is 0 Å². The molecule has 5 heteroatoms. The average Bonchev–Trinajstić information content (AvgIpc) is 2.17. The first-order chi connectivity index (χ1) is 8.06. The number of aliphatic carboxylic acids is 2. The van der Waals surface area contributed by atoms with Gasteiger partial charge in [-0.15, -0.1) is 0 Å². The van der Waals surface area contributed by atoms with Gasteiger partial charge < -0.3 is 14.7 Å². The lowest BCUT2D eigenvalue weighted by Crippen LogP contribution is -2.59. The smallest absolute Gasteiger partial charge is 0.314 e. The zero-order chi connectivity index (χ0) is 15.0. The van der Waals surface area contributed by atoms with Crippen molar-refractivity contribution in [1.82, 2.24) is 0 Å². The first kappa shape index (κ1) is 19.2. The third-order valence-corrected chi connectivity index (χ3v) is 3.54. The molecule has 108 valence electrons. The van der Waals surface area contributed by atoms with Crippen molar-refractivity contribution < 1.29 is 24.3 Å². The van der Waals surface area contributed by atoms with Crippen molar-refractivity contribution in [1.29, 1.82) is 0 Å². The van der Waals surface area contributed by atoms with Crippen LogP contribution in [0.4, 0.5) is 0 Å². The van der Waals surface area contributed by atoms with E-state index < -0.39 is 18.4 Å². The highest BCUT2D eigenvalue weighted by Crippen LogP contribution is 2.23. The lowest BCUT2D eigenvalue weighted by Gasteiger charge is -2.47. The Bertz CT molecular complexity index is 244. The van der Waals surface area contributed by atoms with Crippen LogP contribution in [0.1, 0.15) is 48.0 Å². The Labute approximate surface area is 110 Å². The van der Waals surface area contributed by atoms with E-state index in [0.717, 1.165) is 0 Å². The third-order valence-electron chi connectivity index (χ3n) is 3.54. The maximum absolute atomic E-state index is 9.43. The Morgan fingerprint density at radius 1 is 0.889 bits per heavy atom. The van der Waals surface area contributed by atoms with E-state index in [-0.39, 0.29) is 0 Å². The molecule has 0 saturated carbocycles. The maximum Gasteiger partial charge on any atom is 0.314 e. The van der Waals surface area contributed by atoms with Crippen LogP contribution in [0.15, 0.2) is 0 Å². The van der Waals surface area contributed by atoms with Gasteiger partial charge in [-0.2, -0.15) is 0 Å². The van der Waals surface area contributed by atoms with Gasteiger partial charge in [-0.3, -0.25) is 9.59 Å². The van der Waals surface area contributed by atoms with Crippen LogP contribution in [0.5, 0.6) is 0 Å². The summed E-state index contributed by atoms with van der Waals surface area (Å²) in [5.41, 5.74) is 0.401. The fourth-order valence-corrected chi connectivity index (χ4v) is 2.22. The number of nitrogens with zero attached hydrogens (tertiary/aromatic N) is 1. The second-order valence-corrected chi connectivity index (χ2v) is 5.23. The maximum atomic E-state index is 9.43. The molecule has 0 fully saturated rings. The molecule has 0 aromatic carbocycles. The molecule has 0 aliphatic heterocycles. The summed E-state index contributed by atoms with van der Waals surface area (Å²) in [5, 5.41) is 15.4. The lowest BCUT2D eigenvalue weighted by atomic mass is 10.0. The van der Waals surface area contributed by atoms with Crippen molar-refractivity contribution in [3.8, 4) is 0 Å². The van der Waals surface area contributed by atoms with Gasteiger partial charge >= 0.3 is 11.9 Å². The van der Waals surface area contributed by atoms with Crippen molar-refractivity contribution in [2.75, 3.05) is 19.6 Å². The van der Waals surface area contributed by atoms with Crippen molar-refractivity contribution >= 4 is 11.9 Å². The number of hydrogen-bond acceptors (Lipinski definition) is 2. The monoisotopic (exact) mass is 262 g/mol. The highest BCUT2D eigenvalue weighted by atomic mass is 16.4. The van der Waals surface area contributed by atoms with Gasteiger partial charge in [0, 0.05) is 0 Å². The summed E-state index contributed by atoms with van der Waals surface area (Å²) in [6.45, 7) is 17.6. The van der Waals surface area contributed by atoms with E-state index in [0.29, 0.717) is 5.54 Å². The molecule has 2 N–H and O–H groups in total. The zero-order valence-electron chi connectivity index (χ0n) is 12.5. The lowest BCUT2D eigenvalue weighted by molar-refractivity contribution is -0.966. The summed E-state index contributed by atoms with van der Waals surface area (Å²) in [4.78, 5) is 18.9. The van der Waals surface area contributed by atoms with E-state index in [1.165, 1.54) is 24.1 Å². The summed E-state index contributed by atoms with van der Waals surface area (Å²) >= 11 is 0. The van der Waals surface area contributed by atoms with E-state index in [1.54, 1.807) is 0 Å². The van der Waals surface area contributed by atoms with Crippen LogP contribution < -0.4 is 0 Å². The molecule has 0 bridgehead atoms. The number of quaternary nitrogens is 1. The third kappa shape index (κ3) is 6.59. The minimum atomic E-state index is -1.31. The predicted octanol–water partition coefficient (Wildman–Crippen LogP) is 2.21. The van der Waals surface area contributed by atoms with Crippen LogP contribution in [0.25, 0.3) is 0 Å². The molecule has 0 aromatic heterocycles. The highest BCUT2D eigenvalue weighted by Gasteiger charge is 2.35. The molecule has 0 radical (unpaired) electrons. The zero-order valence-corrected chi connectivity index (χ0v) is 12.5. The van der Waals surface area contributed by atoms with Crippen LogP contribution in [-0.4, -0.2) is 51.8 Å². The summed E-state index contributed by atoms with van der Waals surface area (Å²) in [6, 6.07) is 0. The van der Waals surface area contributed by atoms with Gasteiger partial charge in [-0.25, -0.2) is 0 Å². The van der Waals surface area contributed by atoms with Gasteiger partial charge in [0.25, 0.3) is 0 Å². The molecular formula is C13H28NO4+. The summed E-state index contributed by atoms with van der Waals surface area (Å²) in [6.07, 6.45) is -0.806. The molecule has 0 aromatic rings. The van der Waals surface area contributed by atoms with E-state index in [9.17, 15) is 9.59 Å². The van der Waals surface area contributed by atoms with Gasteiger partial charge in [0.1, 0.15) is 6.42 Å². The molecule has 0 saturated heterocycles. The summed E-state index contributed by atoms with van der Waals surface area (Å²) in [5.74, 6) is -2.62. The highest BCUT2D eigenvalue weighted by molar-refractivity contribution is 5.88. The van der Waals surface area contributed by atoms with Gasteiger partial charge in [-0.05, 0) is 41.5 Å². The largest absolute Gasteiger partial charge is 0.481 e. The predicted molar refractivity (Wildman–Crippen MR) is 71.5 cm³/mol. The molecule has 0 aliphatic rings. The van der Waals surface area contributed by atoms with Gasteiger partial charge in [-0.1, -0.05) is 0 Å². The Balaban J connectivity index is 0. The Morgan fingerprint density at radius 2 is 1.17 bits per heavy atom. The van der Waals surface area contributed by atoms with Crippen LogP contribution in [0.3, 0.4) is 0 Å². The fourth-order valence-electron chi connectivity index (χ4n) is 2.22. The molecule has 5 nitrogen and oxygen atoms in total. The Morgan fingerprint density at radius 3 is 1.17 bits per heavy atom. The number of carbonyl (C=O) groups is 2. The normalized spacial score (nSPS) is 11.4. The van der Waals surface area contributed by atoms with Crippen LogP contribution in [0, 0.1) is 0 Å². The number of rotatable bonds is 5. The standard InChI is InChI=1S/C10H24N.C3H4O4/c1-7-11(8-2,9-3)10(4,5)6;4-2(5)1-3(6)7/h7-9H2,1-6H3;1H2,(H,4,5)(H,6,7)/q+1;. The first-order valence-electron chi connectivity index (χ1n) is 6.36. The molecule has 0 unspecified atom stereocenters. The minimum Gasteiger partial charge on any atom is -0.481 e. The summed E-state index contributed by atoms with van der Waals surface area (Å²) < 4.78 is 1.23. The quantitative estimate of drug-likeness (QED) is 0.588. The molecule has 0 amide bonds. The van der Waals surface area contributed by atoms with Crippen LogP contribution >= 0.6 is 0 Å². The number of carboxylic acid groups (broad SMARTS) is 2. The van der Waals surface area contributed by atoms with Gasteiger partial charge in [0.2, 0.25) is 0 Å². The molecule has 0 aliphatic carbocycles. The van der Waals surface area contributed by atoms with Gasteiger partial charge in [0.05, 0.1) is 25.2 Å². The first-order valence-corrected chi connectivity index (χ1v) is 6.36. The van der Waals surface area contributed by atoms with Crippen molar-refractivity contribution in [3.05, 3.63) is 0 Å². The van der Waals surface area contributed by atoms with E-state index in [4.69, 9.17) is 10.2 Å². The van der Waals surface area contributed by atoms with E-state index >= 15 is 0 Å². The van der Waals surface area contributed by atoms with Crippen LogP contribution in [0.2, 0.25) is 0 Å². The molecule has 0 rings (SSSR count). The van der Waals surface area contributed by atoms with Crippen molar-refractivity contribution in [3.63, 3.8) is 0 Å². The molecule has 0 spiro atoms. The van der Waals surface area contributed by atoms with Crippen molar-refractivity contribution in [2.45, 2.75) is 53.5 Å². The fraction of sp³-hybridized carbons (Fsp3) is 0.846. The van der Waals surface area contributed by atoms with Gasteiger partial charge in [0.15, 0.2) is 0 Å². The van der Waals surface area contributed by atoms with E-state index in [1.807, 2.05) is 0 Å². The van der Waals surface area contributed by atoms with Crippen LogP contribution in [-0.2, 0) is 9.59 Å². The molecular weight excluding hydrogens is 234 g/mol. The van der Waals surface area contributed by atoms with E-state index in [2.05, 4.69) is 41.5 Å². The average molecular weight is 262 g/mol. The second kappa shape index (κ2) is 8.08. The minimum absolute atomic E-state index is 0.401. The number of hydrogen-bond donors (Lipinski definition) is 2. The molecule has 0 atom stereocenters. The topological polar surface area (TPSA) is 74.6 Å². The number of carboxylic acids is 2. The summed E-state index contributed by atoms with van der Waals surface area (Å²) in [7, 11) is 0. The molecule has 18 heavy (non-hydrogen) atoms. The Kier molecular flexibility index (Phi) is 8.64. The molecule has 0 heterocycles. The SMILES string of the molecule is CC[N+](CC)(CC)C(C)(C)C.O=C(O)CC(=O)O. The Hall–Kier alpha value is -1.10.